The Morgan fingerprint density at radius 3 is 1.50 bits per heavy atom. The van der Waals surface area contributed by atoms with Gasteiger partial charge in [-0.15, -0.1) is 0 Å². The Morgan fingerprint density at radius 1 is 0.850 bits per heavy atom. The molecular formula is C16H16N2O2. The summed E-state index contributed by atoms with van der Waals surface area (Å²) in [4.78, 5) is 18.2. The van der Waals surface area contributed by atoms with Crippen LogP contribution in [0.3, 0.4) is 0 Å². The van der Waals surface area contributed by atoms with Gasteiger partial charge in [0.05, 0.1) is 11.0 Å². The summed E-state index contributed by atoms with van der Waals surface area (Å²) in [5, 5.41) is 9.72. The van der Waals surface area contributed by atoms with E-state index in [1.54, 1.807) is 0 Å². The minimum Gasteiger partial charge on any atom is -0.481 e. The van der Waals surface area contributed by atoms with Crippen molar-refractivity contribution in [3.63, 3.8) is 0 Å². The lowest BCUT2D eigenvalue weighted by Crippen LogP contribution is -1.89. The Balaban J connectivity index is 0.000000328. The van der Waals surface area contributed by atoms with Gasteiger partial charge in [0.1, 0.15) is 0 Å². The largest absolute Gasteiger partial charge is 0.481 e. The molecule has 2 heterocycles. The standard InChI is InChI=1S/C14H12N2.C2H4O2/c1-9-3-5-11-7-8-12-6-4-10(2)16-14(12)13(11)15-9;1-2(3)4/h3-8H,1-2H3;1H3,(H,3,4). The third kappa shape index (κ3) is 3.09. The first kappa shape index (κ1) is 13.9. The van der Waals surface area contributed by atoms with Gasteiger partial charge in [0.25, 0.3) is 5.97 Å². The Hall–Kier alpha value is -2.49. The van der Waals surface area contributed by atoms with Crippen LogP contribution < -0.4 is 0 Å². The van der Waals surface area contributed by atoms with E-state index in [4.69, 9.17) is 9.90 Å². The van der Waals surface area contributed by atoms with Gasteiger partial charge >= 0.3 is 0 Å². The molecule has 0 amide bonds. The second-order valence-electron chi connectivity index (χ2n) is 4.63. The van der Waals surface area contributed by atoms with Crippen molar-refractivity contribution in [2.75, 3.05) is 0 Å². The minimum atomic E-state index is -0.833. The molecule has 3 aromatic rings. The normalized spacial score (nSPS) is 10.2. The highest BCUT2D eigenvalue weighted by Crippen LogP contribution is 2.22. The molecule has 0 atom stereocenters. The molecule has 0 aliphatic heterocycles. The van der Waals surface area contributed by atoms with Gasteiger partial charge in [0.2, 0.25) is 0 Å². The molecule has 1 N–H and O–H groups in total. The lowest BCUT2D eigenvalue weighted by atomic mass is 10.1. The smallest absolute Gasteiger partial charge is 0.300 e. The topological polar surface area (TPSA) is 63.1 Å². The molecule has 0 spiro atoms. The highest BCUT2D eigenvalue weighted by atomic mass is 16.4. The number of aliphatic carboxylic acids is 1. The molecule has 0 saturated heterocycles. The van der Waals surface area contributed by atoms with Crippen molar-refractivity contribution in [3.05, 3.63) is 47.8 Å². The molecule has 4 nitrogen and oxygen atoms in total. The molecule has 0 fully saturated rings. The zero-order valence-electron chi connectivity index (χ0n) is 11.7. The van der Waals surface area contributed by atoms with E-state index in [0.29, 0.717) is 0 Å². The SMILES string of the molecule is CC(=O)O.Cc1ccc2ccc3ccc(C)nc3c2n1. The van der Waals surface area contributed by atoms with Crippen LogP contribution in [0, 0.1) is 13.8 Å². The number of fused-ring (bicyclic) bond motifs is 3. The maximum absolute atomic E-state index is 9.00. The summed E-state index contributed by atoms with van der Waals surface area (Å²) < 4.78 is 0. The molecule has 0 saturated carbocycles. The number of aromatic nitrogens is 2. The van der Waals surface area contributed by atoms with Crippen molar-refractivity contribution in [2.24, 2.45) is 0 Å². The van der Waals surface area contributed by atoms with Crippen LogP contribution in [-0.4, -0.2) is 21.0 Å². The van der Waals surface area contributed by atoms with Gasteiger partial charge in [-0.05, 0) is 26.0 Å². The molecule has 102 valence electrons. The Labute approximate surface area is 117 Å². The number of hydrogen-bond donors (Lipinski definition) is 1. The fourth-order valence-corrected chi connectivity index (χ4v) is 1.96. The molecule has 1 aromatic carbocycles. The Morgan fingerprint density at radius 2 is 1.15 bits per heavy atom. The number of nitrogens with zero attached hydrogens (tertiary/aromatic N) is 2. The molecule has 2 aromatic heterocycles. The van der Waals surface area contributed by atoms with E-state index in [1.165, 1.54) is 0 Å². The van der Waals surface area contributed by atoms with Crippen LogP contribution in [0.2, 0.25) is 0 Å². The first-order valence-electron chi connectivity index (χ1n) is 6.30. The van der Waals surface area contributed by atoms with Gasteiger partial charge in [0.15, 0.2) is 0 Å². The van der Waals surface area contributed by atoms with Gasteiger partial charge in [-0.1, -0.05) is 24.3 Å². The number of carbonyl (C=O) groups is 1. The van der Waals surface area contributed by atoms with E-state index in [2.05, 4.69) is 34.2 Å². The molecule has 0 unspecified atom stereocenters. The van der Waals surface area contributed by atoms with Crippen LogP contribution in [0.1, 0.15) is 18.3 Å². The zero-order chi connectivity index (χ0) is 14.7. The summed E-state index contributed by atoms with van der Waals surface area (Å²) >= 11 is 0. The molecule has 0 aliphatic rings. The Bertz CT molecular complexity index is 717. The van der Waals surface area contributed by atoms with Crippen LogP contribution in [-0.2, 0) is 4.79 Å². The van der Waals surface area contributed by atoms with Gasteiger partial charge in [-0.25, -0.2) is 0 Å². The van der Waals surface area contributed by atoms with Crippen LogP contribution in [0.5, 0.6) is 0 Å². The van der Waals surface area contributed by atoms with E-state index in [9.17, 15) is 0 Å². The van der Waals surface area contributed by atoms with E-state index in [0.717, 1.165) is 40.1 Å². The average Bonchev–Trinajstić information content (AvgIpc) is 2.38. The Kier molecular flexibility index (Phi) is 3.94. The first-order chi connectivity index (χ1) is 9.47. The van der Waals surface area contributed by atoms with E-state index < -0.39 is 5.97 Å². The van der Waals surface area contributed by atoms with Crippen molar-refractivity contribution in [3.8, 4) is 0 Å². The number of rotatable bonds is 0. The number of aryl methyl sites for hydroxylation is 2. The average molecular weight is 268 g/mol. The van der Waals surface area contributed by atoms with E-state index >= 15 is 0 Å². The second-order valence-corrected chi connectivity index (χ2v) is 4.63. The number of carboxylic acid groups (broad SMARTS) is 1. The predicted molar refractivity (Wildman–Crippen MR) is 79.8 cm³/mol. The summed E-state index contributed by atoms with van der Waals surface area (Å²) in [6, 6.07) is 12.5. The summed E-state index contributed by atoms with van der Waals surface area (Å²) in [5.74, 6) is -0.833. The summed E-state index contributed by atoms with van der Waals surface area (Å²) in [6.45, 7) is 5.10. The van der Waals surface area contributed by atoms with Crippen LogP contribution in [0.4, 0.5) is 0 Å². The summed E-state index contributed by atoms with van der Waals surface area (Å²) in [6.07, 6.45) is 0. The van der Waals surface area contributed by atoms with Crippen molar-refractivity contribution in [1.29, 1.82) is 0 Å². The lowest BCUT2D eigenvalue weighted by Gasteiger charge is -2.04. The van der Waals surface area contributed by atoms with Crippen LogP contribution >= 0.6 is 0 Å². The third-order valence-electron chi connectivity index (χ3n) is 2.80. The van der Waals surface area contributed by atoms with E-state index in [-0.39, 0.29) is 0 Å². The first-order valence-corrected chi connectivity index (χ1v) is 6.30. The predicted octanol–water partition coefficient (Wildman–Crippen LogP) is 3.49. The van der Waals surface area contributed by atoms with Gasteiger partial charge in [-0.3, -0.25) is 14.8 Å². The van der Waals surface area contributed by atoms with Gasteiger partial charge in [-0.2, -0.15) is 0 Å². The van der Waals surface area contributed by atoms with Crippen molar-refractivity contribution in [2.45, 2.75) is 20.8 Å². The van der Waals surface area contributed by atoms with Gasteiger partial charge < -0.3 is 5.11 Å². The molecular weight excluding hydrogens is 252 g/mol. The number of carboxylic acids is 1. The number of benzene rings is 1. The summed E-state index contributed by atoms with van der Waals surface area (Å²) in [5.41, 5.74) is 4.06. The fraction of sp³-hybridized carbons (Fsp3) is 0.188. The van der Waals surface area contributed by atoms with Crippen molar-refractivity contribution < 1.29 is 9.90 Å². The lowest BCUT2D eigenvalue weighted by molar-refractivity contribution is -0.134. The summed E-state index contributed by atoms with van der Waals surface area (Å²) in [7, 11) is 0. The number of pyridine rings is 2. The van der Waals surface area contributed by atoms with E-state index in [1.807, 2.05) is 26.0 Å². The van der Waals surface area contributed by atoms with Crippen molar-refractivity contribution in [1.82, 2.24) is 9.97 Å². The van der Waals surface area contributed by atoms with Crippen molar-refractivity contribution >= 4 is 27.8 Å². The van der Waals surface area contributed by atoms with Crippen LogP contribution in [0.25, 0.3) is 21.8 Å². The molecule has 0 aliphatic carbocycles. The molecule has 20 heavy (non-hydrogen) atoms. The second kappa shape index (κ2) is 5.65. The van der Waals surface area contributed by atoms with Gasteiger partial charge in [0, 0.05) is 29.1 Å². The monoisotopic (exact) mass is 268 g/mol. The quantitative estimate of drug-likeness (QED) is 0.634. The fourth-order valence-electron chi connectivity index (χ4n) is 1.96. The maximum Gasteiger partial charge on any atom is 0.300 e. The molecule has 3 rings (SSSR count). The van der Waals surface area contributed by atoms with Crippen LogP contribution in [0.15, 0.2) is 36.4 Å². The minimum absolute atomic E-state index is 0.833. The highest BCUT2D eigenvalue weighted by molar-refractivity contribution is 6.02. The molecule has 0 bridgehead atoms. The maximum atomic E-state index is 9.00. The third-order valence-corrected chi connectivity index (χ3v) is 2.80. The highest BCUT2D eigenvalue weighted by Gasteiger charge is 2.03. The number of hydrogen-bond acceptors (Lipinski definition) is 3. The zero-order valence-corrected chi connectivity index (χ0v) is 11.7. The molecule has 4 heteroatoms. The molecule has 0 radical (unpaired) electrons.